The van der Waals surface area contributed by atoms with Crippen LogP contribution in [0.3, 0.4) is 0 Å². The van der Waals surface area contributed by atoms with Crippen molar-refractivity contribution >= 4 is 0 Å². The maximum Gasteiger partial charge on any atom is 0.119 e. The average Bonchev–Trinajstić information content (AvgIpc) is 2.55. The summed E-state index contributed by atoms with van der Waals surface area (Å²) >= 11 is 0. The van der Waals surface area contributed by atoms with Gasteiger partial charge in [-0.3, -0.25) is 0 Å². The molecule has 0 aromatic heterocycles. The minimum Gasteiger partial charge on any atom is -0.493 e. The number of terminal acetylenes is 1. The molecular formula is C20H28O. The zero-order valence-corrected chi connectivity index (χ0v) is 13.3. The lowest BCUT2D eigenvalue weighted by Crippen LogP contribution is -2.19. The van der Waals surface area contributed by atoms with Crippen LogP contribution in [0.2, 0.25) is 0 Å². The third-order valence-corrected chi connectivity index (χ3v) is 4.56. The van der Waals surface area contributed by atoms with Crippen molar-refractivity contribution in [3.63, 3.8) is 0 Å². The summed E-state index contributed by atoms with van der Waals surface area (Å²) in [6, 6.07) is 8.66. The van der Waals surface area contributed by atoms with Crippen LogP contribution < -0.4 is 4.74 Å². The van der Waals surface area contributed by atoms with E-state index in [1.54, 1.807) is 0 Å². The van der Waals surface area contributed by atoms with Crippen LogP contribution in [0.4, 0.5) is 0 Å². The van der Waals surface area contributed by atoms with Crippen LogP contribution in [-0.4, -0.2) is 6.61 Å². The SMILES string of the molecule is C#CC1CCC(COc2ccc(CCCCC)cc2)CC1. The largest absolute Gasteiger partial charge is 0.493 e. The maximum absolute atomic E-state index is 5.94. The highest BCUT2D eigenvalue weighted by Gasteiger charge is 2.20. The second-order valence-electron chi connectivity index (χ2n) is 6.30. The van der Waals surface area contributed by atoms with Crippen LogP contribution >= 0.6 is 0 Å². The van der Waals surface area contributed by atoms with Crippen molar-refractivity contribution in [1.29, 1.82) is 0 Å². The van der Waals surface area contributed by atoms with Crippen LogP contribution in [0.5, 0.6) is 5.75 Å². The second kappa shape index (κ2) is 8.78. The Kier molecular flexibility index (Phi) is 6.67. The summed E-state index contributed by atoms with van der Waals surface area (Å²) in [6.45, 7) is 3.08. The molecule has 1 aromatic carbocycles. The Bertz CT molecular complexity index is 432. The number of hydrogen-bond donors (Lipinski definition) is 0. The van der Waals surface area contributed by atoms with Gasteiger partial charge in [-0.1, -0.05) is 31.9 Å². The van der Waals surface area contributed by atoms with Crippen LogP contribution in [0.25, 0.3) is 0 Å². The van der Waals surface area contributed by atoms with Crippen molar-refractivity contribution in [3.8, 4) is 18.1 Å². The summed E-state index contributed by atoms with van der Waals surface area (Å²) in [7, 11) is 0. The Morgan fingerprint density at radius 3 is 2.43 bits per heavy atom. The monoisotopic (exact) mass is 284 g/mol. The standard InChI is InChI=1S/C20H28O/c1-3-5-6-7-18-12-14-20(15-13-18)21-16-19-10-8-17(4-2)9-11-19/h2,12-15,17,19H,3,5-11,16H2,1H3. The Hall–Kier alpha value is -1.42. The van der Waals surface area contributed by atoms with E-state index in [1.807, 2.05) is 0 Å². The van der Waals surface area contributed by atoms with Gasteiger partial charge in [0.05, 0.1) is 6.61 Å². The van der Waals surface area contributed by atoms with Crippen molar-refractivity contribution in [1.82, 2.24) is 0 Å². The molecule has 1 aromatic rings. The summed E-state index contributed by atoms with van der Waals surface area (Å²) in [5, 5.41) is 0. The van der Waals surface area contributed by atoms with Crippen molar-refractivity contribution in [2.75, 3.05) is 6.61 Å². The lowest BCUT2D eigenvalue weighted by Gasteiger charge is -2.25. The van der Waals surface area contributed by atoms with Crippen molar-refractivity contribution in [3.05, 3.63) is 29.8 Å². The number of benzene rings is 1. The smallest absolute Gasteiger partial charge is 0.119 e. The lowest BCUT2D eigenvalue weighted by molar-refractivity contribution is 0.196. The molecule has 1 aliphatic rings. The molecule has 0 amide bonds. The van der Waals surface area contributed by atoms with Crippen LogP contribution in [0, 0.1) is 24.2 Å². The van der Waals surface area contributed by atoms with E-state index in [1.165, 1.54) is 56.9 Å². The summed E-state index contributed by atoms with van der Waals surface area (Å²) in [6.07, 6.45) is 15.3. The van der Waals surface area contributed by atoms with Gasteiger partial charge in [0.1, 0.15) is 5.75 Å². The molecule has 0 atom stereocenters. The summed E-state index contributed by atoms with van der Waals surface area (Å²) in [5.74, 6) is 5.08. The van der Waals surface area contributed by atoms with Crippen molar-refractivity contribution in [2.24, 2.45) is 11.8 Å². The lowest BCUT2D eigenvalue weighted by atomic mass is 9.83. The van der Waals surface area contributed by atoms with E-state index in [2.05, 4.69) is 37.1 Å². The van der Waals surface area contributed by atoms with Gasteiger partial charge in [0.25, 0.3) is 0 Å². The molecule has 0 bridgehead atoms. The van der Waals surface area contributed by atoms with E-state index in [0.717, 1.165) is 12.4 Å². The Labute approximate surface area is 130 Å². The molecule has 1 saturated carbocycles. The maximum atomic E-state index is 5.94. The Morgan fingerprint density at radius 1 is 1.10 bits per heavy atom. The molecule has 0 heterocycles. The topological polar surface area (TPSA) is 9.23 Å². The minimum atomic E-state index is 0.503. The molecule has 0 saturated heterocycles. The van der Waals surface area contributed by atoms with Gasteiger partial charge in [-0.15, -0.1) is 12.3 Å². The highest BCUT2D eigenvalue weighted by Crippen LogP contribution is 2.28. The molecule has 0 radical (unpaired) electrons. The summed E-state index contributed by atoms with van der Waals surface area (Å²) < 4.78 is 5.94. The molecule has 1 heteroatoms. The predicted octanol–water partition coefficient (Wildman–Crippen LogP) is 5.24. The Morgan fingerprint density at radius 2 is 1.81 bits per heavy atom. The number of rotatable bonds is 7. The van der Waals surface area contributed by atoms with Gasteiger partial charge in [0.15, 0.2) is 0 Å². The fourth-order valence-corrected chi connectivity index (χ4v) is 3.04. The van der Waals surface area contributed by atoms with Gasteiger partial charge in [-0.2, -0.15) is 0 Å². The van der Waals surface area contributed by atoms with Gasteiger partial charge in [0, 0.05) is 5.92 Å². The van der Waals surface area contributed by atoms with Gasteiger partial charge in [-0.05, 0) is 62.1 Å². The average molecular weight is 284 g/mol. The molecular weight excluding hydrogens is 256 g/mol. The molecule has 1 nitrogen and oxygen atoms in total. The number of aryl methyl sites for hydroxylation is 1. The van der Waals surface area contributed by atoms with E-state index >= 15 is 0 Å². The molecule has 1 fully saturated rings. The van der Waals surface area contributed by atoms with Crippen molar-refractivity contribution < 1.29 is 4.74 Å². The first-order valence-corrected chi connectivity index (χ1v) is 8.49. The fraction of sp³-hybridized carbons (Fsp3) is 0.600. The van der Waals surface area contributed by atoms with Crippen LogP contribution in [0.15, 0.2) is 24.3 Å². The van der Waals surface area contributed by atoms with Gasteiger partial charge in [0.2, 0.25) is 0 Å². The zero-order valence-electron chi connectivity index (χ0n) is 13.3. The minimum absolute atomic E-state index is 0.503. The van der Waals surface area contributed by atoms with Crippen LogP contribution in [0.1, 0.15) is 57.4 Å². The van der Waals surface area contributed by atoms with Crippen LogP contribution in [-0.2, 0) is 6.42 Å². The van der Waals surface area contributed by atoms with E-state index in [-0.39, 0.29) is 0 Å². The Balaban J connectivity index is 1.70. The molecule has 1 aliphatic carbocycles. The third kappa shape index (κ3) is 5.46. The van der Waals surface area contributed by atoms with Gasteiger partial charge in [-0.25, -0.2) is 0 Å². The van der Waals surface area contributed by atoms with E-state index in [4.69, 9.17) is 11.2 Å². The molecule has 0 unspecified atom stereocenters. The van der Waals surface area contributed by atoms with E-state index in [0.29, 0.717) is 11.8 Å². The first kappa shape index (κ1) is 16.0. The molecule has 21 heavy (non-hydrogen) atoms. The van der Waals surface area contributed by atoms with E-state index in [9.17, 15) is 0 Å². The third-order valence-electron chi connectivity index (χ3n) is 4.56. The molecule has 0 aliphatic heterocycles. The number of hydrogen-bond acceptors (Lipinski definition) is 1. The summed E-state index contributed by atoms with van der Waals surface area (Å²) in [4.78, 5) is 0. The molecule has 114 valence electrons. The number of ether oxygens (including phenoxy) is 1. The second-order valence-corrected chi connectivity index (χ2v) is 6.30. The molecule has 2 rings (SSSR count). The predicted molar refractivity (Wildman–Crippen MR) is 89.4 cm³/mol. The number of unbranched alkanes of at least 4 members (excludes halogenated alkanes) is 2. The first-order chi connectivity index (χ1) is 10.3. The van der Waals surface area contributed by atoms with Crippen molar-refractivity contribution in [2.45, 2.75) is 58.3 Å². The fourth-order valence-electron chi connectivity index (χ4n) is 3.04. The molecule has 0 spiro atoms. The summed E-state index contributed by atoms with van der Waals surface area (Å²) in [5.41, 5.74) is 1.42. The van der Waals surface area contributed by atoms with E-state index < -0.39 is 0 Å². The highest BCUT2D eigenvalue weighted by atomic mass is 16.5. The normalized spacial score (nSPS) is 21.7. The van der Waals surface area contributed by atoms with Gasteiger partial charge < -0.3 is 4.74 Å². The highest BCUT2D eigenvalue weighted by molar-refractivity contribution is 5.27. The quantitative estimate of drug-likeness (QED) is 0.491. The zero-order chi connectivity index (χ0) is 14.9. The molecule has 0 N–H and O–H groups in total. The first-order valence-electron chi connectivity index (χ1n) is 8.49. The van der Waals surface area contributed by atoms with Gasteiger partial charge >= 0.3 is 0 Å².